The predicted molar refractivity (Wildman–Crippen MR) is 106 cm³/mol. The fraction of sp³-hybridized carbons (Fsp3) is 0.579. The second-order valence-corrected chi connectivity index (χ2v) is 8.89. The molecule has 0 aliphatic carbocycles. The van der Waals surface area contributed by atoms with Gasteiger partial charge in [-0.3, -0.25) is 9.69 Å². The molecule has 1 fully saturated rings. The zero-order chi connectivity index (χ0) is 20.9. The lowest BCUT2D eigenvalue weighted by Gasteiger charge is -2.26. The fourth-order valence-corrected chi connectivity index (χ4v) is 4.71. The van der Waals surface area contributed by atoms with Gasteiger partial charge in [0.25, 0.3) is 0 Å². The number of likely N-dealkylation sites (tertiary alicyclic amines) is 1. The normalized spacial score (nSPS) is 17.5. The van der Waals surface area contributed by atoms with Crippen molar-refractivity contribution in [1.82, 2.24) is 14.5 Å². The summed E-state index contributed by atoms with van der Waals surface area (Å²) in [7, 11) is 1.00. The molecule has 9 heteroatoms. The molecule has 156 valence electrons. The molecule has 1 aliphatic heterocycles. The Morgan fingerprint density at radius 2 is 2.04 bits per heavy atom. The molecule has 0 saturated carbocycles. The van der Waals surface area contributed by atoms with Crippen molar-refractivity contribution < 1.29 is 22.7 Å². The molecular weight excluding hydrogens is 382 g/mol. The molecule has 1 aliphatic rings. The lowest BCUT2D eigenvalue weighted by Crippen LogP contribution is -2.43. The minimum atomic E-state index is -3.75. The maximum absolute atomic E-state index is 12.6. The maximum atomic E-state index is 12.6. The number of amides is 1. The third-order valence-corrected chi connectivity index (χ3v) is 6.51. The highest BCUT2D eigenvalue weighted by atomic mass is 32.2. The summed E-state index contributed by atoms with van der Waals surface area (Å²) in [6, 6.07) is 4.33. The number of hydrogen-bond acceptors (Lipinski definition) is 6. The number of ether oxygens (including phenoxy) is 1. The van der Waals surface area contributed by atoms with E-state index in [1.54, 1.807) is 32.0 Å². The smallest absolute Gasteiger partial charge is 0.337 e. The van der Waals surface area contributed by atoms with Crippen molar-refractivity contribution in [3.8, 4) is 0 Å². The van der Waals surface area contributed by atoms with Crippen LogP contribution in [0, 0.1) is 6.92 Å². The molecule has 0 aromatic heterocycles. The maximum Gasteiger partial charge on any atom is 0.337 e. The number of esters is 1. The van der Waals surface area contributed by atoms with Crippen LogP contribution < -0.4 is 4.72 Å². The molecule has 8 nitrogen and oxygen atoms in total. The van der Waals surface area contributed by atoms with Gasteiger partial charge in [-0.2, -0.15) is 0 Å². The van der Waals surface area contributed by atoms with Crippen LogP contribution >= 0.6 is 0 Å². The Balaban J connectivity index is 1.95. The van der Waals surface area contributed by atoms with Crippen LogP contribution in [0.5, 0.6) is 0 Å². The van der Waals surface area contributed by atoms with Gasteiger partial charge in [-0.1, -0.05) is 6.07 Å². The number of carbonyl (C=O) groups excluding carboxylic acids is 2. The lowest BCUT2D eigenvalue weighted by atomic mass is 10.1. The van der Waals surface area contributed by atoms with Gasteiger partial charge in [-0.25, -0.2) is 17.9 Å². The molecule has 28 heavy (non-hydrogen) atoms. The third-order valence-electron chi connectivity index (χ3n) is 4.90. The highest BCUT2D eigenvalue weighted by molar-refractivity contribution is 7.89. The van der Waals surface area contributed by atoms with Gasteiger partial charge in [0.15, 0.2) is 0 Å². The van der Waals surface area contributed by atoms with E-state index in [-0.39, 0.29) is 29.0 Å². The molecule has 1 saturated heterocycles. The molecule has 1 aromatic rings. The van der Waals surface area contributed by atoms with Crippen LogP contribution in [-0.2, 0) is 19.6 Å². The lowest BCUT2D eigenvalue weighted by molar-refractivity contribution is -0.133. The topological polar surface area (TPSA) is 96.0 Å². The highest BCUT2D eigenvalue weighted by Crippen LogP contribution is 2.20. The summed E-state index contributed by atoms with van der Waals surface area (Å²) < 4.78 is 32.5. The minimum absolute atomic E-state index is 0.0669. The van der Waals surface area contributed by atoms with Crippen molar-refractivity contribution in [2.24, 2.45) is 0 Å². The summed E-state index contributed by atoms with van der Waals surface area (Å²) in [6.07, 6.45) is 2.39. The predicted octanol–water partition coefficient (Wildman–Crippen LogP) is 1.00. The van der Waals surface area contributed by atoms with Crippen LogP contribution in [0.4, 0.5) is 0 Å². The first kappa shape index (κ1) is 22.3. The van der Waals surface area contributed by atoms with Gasteiger partial charge in [-0.15, -0.1) is 0 Å². The van der Waals surface area contributed by atoms with Crippen LogP contribution in [0.1, 0.15) is 35.2 Å². The van der Waals surface area contributed by atoms with Crippen molar-refractivity contribution >= 4 is 21.9 Å². The molecule has 0 spiro atoms. The van der Waals surface area contributed by atoms with Crippen LogP contribution in [0.2, 0.25) is 0 Å². The number of sulfonamides is 1. The van der Waals surface area contributed by atoms with E-state index in [0.29, 0.717) is 18.5 Å². The summed E-state index contributed by atoms with van der Waals surface area (Å²) in [5, 5.41) is 0. The molecule has 2 rings (SSSR count). The first-order valence-corrected chi connectivity index (χ1v) is 10.8. The van der Waals surface area contributed by atoms with Crippen LogP contribution in [-0.4, -0.2) is 77.0 Å². The molecule has 1 heterocycles. The summed E-state index contributed by atoms with van der Waals surface area (Å²) in [4.78, 5) is 27.7. The Labute approximate surface area is 166 Å². The van der Waals surface area contributed by atoms with Gasteiger partial charge in [0, 0.05) is 27.2 Å². The number of methoxy groups -OCH3 is 1. The number of aryl methyl sites for hydroxylation is 1. The van der Waals surface area contributed by atoms with E-state index in [1.807, 2.05) is 0 Å². The Morgan fingerprint density at radius 1 is 1.32 bits per heavy atom. The zero-order valence-corrected chi connectivity index (χ0v) is 17.7. The zero-order valence-electron chi connectivity index (χ0n) is 16.9. The standard InChI is InChI=1S/C19H29N3O5S/c1-14-8-9-15(19(24)27-4)13-17(14)28(25,26)20-10-6-12-22-11-5-7-16(22)18(23)21(2)3/h8-9,13,16,20H,5-7,10-12H2,1-4H3. The van der Waals surface area contributed by atoms with Crippen LogP contribution in [0.3, 0.4) is 0 Å². The van der Waals surface area contributed by atoms with Crippen molar-refractivity contribution in [2.75, 3.05) is 40.8 Å². The van der Waals surface area contributed by atoms with Gasteiger partial charge in [0.05, 0.1) is 23.6 Å². The van der Waals surface area contributed by atoms with Crippen LogP contribution in [0.25, 0.3) is 0 Å². The highest BCUT2D eigenvalue weighted by Gasteiger charge is 2.31. The van der Waals surface area contributed by atoms with E-state index in [9.17, 15) is 18.0 Å². The second-order valence-electron chi connectivity index (χ2n) is 7.15. The van der Waals surface area contributed by atoms with Crippen molar-refractivity contribution in [3.05, 3.63) is 29.3 Å². The van der Waals surface area contributed by atoms with Crippen LogP contribution in [0.15, 0.2) is 23.1 Å². The van der Waals surface area contributed by atoms with E-state index < -0.39 is 16.0 Å². The SMILES string of the molecule is COC(=O)c1ccc(C)c(S(=O)(=O)NCCCN2CCCC2C(=O)N(C)C)c1. The van der Waals surface area contributed by atoms with Gasteiger partial charge < -0.3 is 9.64 Å². The molecule has 1 amide bonds. The molecule has 1 aromatic carbocycles. The Morgan fingerprint density at radius 3 is 2.68 bits per heavy atom. The second kappa shape index (κ2) is 9.49. The average Bonchev–Trinajstić information content (AvgIpc) is 3.12. The summed E-state index contributed by atoms with van der Waals surface area (Å²) in [5.74, 6) is -0.490. The molecular formula is C19H29N3O5S. The number of hydrogen-bond donors (Lipinski definition) is 1. The van der Waals surface area contributed by atoms with Gasteiger partial charge in [0.2, 0.25) is 15.9 Å². The van der Waals surface area contributed by atoms with Gasteiger partial charge in [-0.05, 0) is 50.4 Å². The molecule has 1 N–H and O–H groups in total. The molecule has 1 unspecified atom stereocenters. The largest absolute Gasteiger partial charge is 0.465 e. The molecule has 0 bridgehead atoms. The molecule has 1 atom stereocenters. The Bertz CT molecular complexity index is 823. The number of nitrogens with zero attached hydrogens (tertiary/aromatic N) is 2. The fourth-order valence-electron chi connectivity index (χ4n) is 3.37. The Kier molecular flexibility index (Phi) is 7.56. The van der Waals surface area contributed by atoms with E-state index in [1.165, 1.54) is 19.2 Å². The summed E-state index contributed by atoms with van der Waals surface area (Å²) >= 11 is 0. The first-order chi connectivity index (χ1) is 13.2. The van der Waals surface area contributed by atoms with E-state index >= 15 is 0 Å². The number of rotatable bonds is 8. The van der Waals surface area contributed by atoms with E-state index in [4.69, 9.17) is 0 Å². The monoisotopic (exact) mass is 411 g/mol. The van der Waals surface area contributed by atoms with E-state index in [2.05, 4.69) is 14.4 Å². The first-order valence-electron chi connectivity index (χ1n) is 9.31. The van der Waals surface area contributed by atoms with E-state index in [0.717, 1.165) is 19.4 Å². The number of carbonyl (C=O) groups is 2. The summed E-state index contributed by atoms with van der Waals surface area (Å²) in [6.45, 7) is 3.42. The van der Waals surface area contributed by atoms with Crippen molar-refractivity contribution in [1.29, 1.82) is 0 Å². The van der Waals surface area contributed by atoms with Gasteiger partial charge >= 0.3 is 5.97 Å². The number of benzene rings is 1. The minimum Gasteiger partial charge on any atom is -0.465 e. The van der Waals surface area contributed by atoms with Gasteiger partial charge in [0.1, 0.15) is 0 Å². The average molecular weight is 412 g/mol. The molecule has 0 radical (unpaired) electrons. The van der Waals surface area contributed by atoms with Crippen molar-refractivity contribution in [3.63, 3.8) is 0 Å². The van der Waals surface area contributed by atoms with Crippen molar-refractivity contribution in [2.45, 2.75) is 37.1 Å². The third kappa shape index (κ3) is 5.30. The quantitative estimate of drug-likeness (QED) is 0.507. The summed E-state index contributed by atoms with van der Waals surface area (Å²) in [5.41, 5.74) is 0.743. The number of likely N-dealkylation sites (N-methyl/N-ethyl adjacent to an activating group) is 1. The Hall–Kier alpha value is -1.97. The number of nitrogens with one attached hydrogen (secondary N) is 1.